The van der Waals surface area contributed by atoms with Crippen LogP contribution in [0.5, 0.6) is 0 Å². The molecule has 0 aliphatic heterocycles. The van der Waals surface area contributed by atoms with Gasteiger partial charge in [-0.1, -0.05) is 13.8 Å². The number of rotatable bonds is 1. The molecule has 0 fully saturated rings. The van der Waals surface area contributed by atoms with Gasteiger partial charge in [0, 0.05) is 32.8 Å². The van der Waals surface area contributed by atoms with E-state index in [0.717, 1.165) is 11.0 Å². The van der Waals surface area contributed by atoms with Crippen LogP contribution in [0.4, 0.5) is 0 Å². The van der Waals surface area contributed by atoms with Crippen LogP contribution in [0.2, 0.25) is 0 Å². The first-order valence-corrected chi connectivity index (χ1v) is 4.40. The van der Waals surface area contributed by atoms with E-state index in [1.54, 1.807) is 12.4 Å². The van der Waals surface area contributed by atoms with Crippen molar-refractivity contribution in [2.75, 3.05) is 0 Å². The van der Waals surface area contributed by atoms with Crippen molar-refractivity contribution in [1.29, 1.82) is 0 Å². The molecule has 0 amide bonds. The normalized spacial score (nSPS) is 10.2. The molecule has 1 heterocycles. The molecule has 0 saturated heterocycles. The van der Waals surface area contributed by atoms with Gasteiger partial charge >= 0.3 is 0 Å². The van der Waals surface area contributed by atoms with Gasteiger partial charge in [-0.05, 0) is 17.0 Å². The van der Waals surface area contributed by atoms with Gasteiger partial charge in [-0.3, -0.25) is 4.98 Å². The van der Waals surface area contributed by atoms with Crippen molar-refractivity contribution in [1.82, 2.24) is 9.97 Å². The van der Waals surface area contributed by atoms with E-state index in [4.69, 9.17) is 0 Å². The molecule has 0 bridgehead atoms. The number of hydrogen-bond acceptors (Lipinski definition) is 2. The monoisotopic (exact) mass is 358 g/mol. The number of hydrogen-bond donors (Lipinski definition) is 0. The first-order valence-electron chi connectivity index (χ1n) is 4.40. The predicted octanol–water partition coefficient (Wildman–Crippen LogP) is 2.55. The van der Waals surface area contributed by atoms with Crippen molar-refractivity contribution < 1.29 is 20.4 Å². The third-order valence-corrected chi connectivity index (χ3v) is 2.08. The Morgan fingerprint density at radius 2 is 1.93 bits per heavy atom. The molecular weight excluding hydrogens is 346 g/mol. The molecule has 0 unspecified atom stereocenters. The second-order valence-electron chi connectivity index (χ2n) is 3.34. The minimum atomic E-state index is 0. The third-order valence-electron chi connectivity index (χ3n) is 2.08. The minimum Gasteiger partial charge on any atom is -0.317 e. The zero-order chi connectivity index (χ0) is 9.26. The van der Waals surface area contributed by atoms with E-state index in [-0.39, 0.29) is 20.4 Å². The van der Waals surface area contributed by atoms with Gasteiger partial charge in [0.2, 0.25) is 0 Å². The molecule has 0 aliphatic carbocycles. The third kappa shape index (κ3) is 2.00. The Morgan fingerprint density at radius 3 is 2.64 bits per heavy atom. The fraction of sp³-hybridized carbons (Fsp3) is 0.273. The van der Waals surface area contributed by atoms with E-state index in [0.29, 0.717) is 5.92 Å². The molecule has 73 valence electrons. The zero-order valence-electron chi connectivity index (χ0n) is 8.16. The molecular formula is C11H11N2Re-. The van der Waals surface area contributed by atoms with Crippen molar-refractivity contribution in [3.8, 4) is 0 Å². The van der Waals surface area contributed by atoms with Gasteiger partial charge < -0.3 is 4.98 Å². The van der Waals surface area contributed by atoms with Gasteiger partial charge in [0.25, 0.3) is 0 Å². The molecule has 2 nitrogen and oxygen atoms in total. The summed E-state index contributed by atoms with van der Waals surface area (Å²) in [7, 11) is 0. The van der Waals surface area contributed by atoms with E-state index < -0.39 is 0 Å². The summed E-state index contributed by atoms with van der Waals surface area (Å²) < 4.78 is 0. The van der Waals surface area contributed by atoms with Crippen LogP contribution in [0.1, 0.15) is 25.3 Å². The molecule has 0 saturated carbocycles. The van der Waals surface area contributed by atoms with Crippen LogP contribution in [0.15, 0.2) is 24.5 Å². The Labute approximate surface area is 97.4 Å². The molecule has 0 N–H and O–H groups in total. The van der Waals surface area contributed by atoms with Crippen molar-refractivity contribution in [3.63, 3.8) is 0 Å². The van der Waals surface area contributed by atoms with E-state index >= 15 is 0 Å². The van der Waals surface area contributed by atoms with Crippen molar-refractivity contribution >= 4 is 11.0 Å². The summed E-state index contributed by atoms with van der Waals surface area (Å²) in [5.41, 5.74) is 3.07. The minimum absolute atomic E-state index is 0. The average Bonchev–Trinajstić information content (AvgIpc) is 2.17. The quantitative estimate of drug-likeness (QED) is 0.733. The molecule has 0 spiro atoms. The fourth-order valence-electron chi connectivity index (χ4n) is 1.41. The van der Waals surface area contributed by atoms with Crippen molar-refractivity contribution in [2.24, 2.45) is 0 Å². The first kappa shape index (κ1) is 11.3. The van der Waals surface area contributed by atoms with Crippen LogP contribution in [-0.4, -0.2) is 9.97 Å². The standard InChI is InChI=1S/C11H11N2.Re/c1-8(2)9-4-3-5-10-11(9)13-7-6-12-10;/h3-4,6-8H,1-2H3;/q-1;. The molecule has 1 radical (unpaired) electrons. The molecule has 3 heteroatoms. The largest absolute Gasteiger partial charge is 0.317 e. The van der Waals surface area contributed by atoms with Gasteiger partial charge in [-0.25, -0.2) is 0 Å². The van der Waals surface area contributed by atoms with Gasteiger partial charge in [0.1, 0.15) is 0 Å². The Kier molecular flexibility index (Phi) is 3.74. The van der Waals surface area contributed by atoms with Crippen LogP contribution in [0.25, 0.3) is 11.0 Å². The second kappa shape index (κ2) is 4.64. The molecule has 1 aromatic heterocycles. The summed E-state index contributed by atoms with van der Waals surface area (Å²) in [4.78, 5) is 8.51. The summed E-state index contributed by atoms with van der Waals surface area (Å²) in [6.07, 6.45) is 3.42. The van der Waals surface area contributed by atoms with Crippen LogP contribution < -0.4 is 0 Å². The molecule has 2 aromatic rings. The number of fused-ring (bicyclic) bond motifs is 1. The Hall–Kier alpha value is -0.778. The summed E-state index contributed by atoms with van der Waals surface area (Å²) in [6.45, 7) is 4.31. The smallest absolute Gasteiger partial charge is 0.0420 e. The number of nitrogens with zero attached hydrogens (tertiary/aromatic N) is 2. The zero-order valence-corrected chi connectivity index (χ0v) is 10.9. The summed E-state index contributed by atoms with van der Waals surface area (Å²) in [5, 5.41) is 0. The summed E-state index contributed by atoms with van der Waals surface area (Å²) in [5.74, 6) is 0.480. The van der Waals surface area contributed by atoms with E-state index in [2.05, 4.69) is 35.9 Å². The Morgan fingerprint density at radius 1 is 1.21 bits per heavy atom. The van der Waals surface area contributed by atoms with E-state index in [1.807, 2.05) is 6.07 Å². The SMILES string of the molecule is CC(C)c1cc[c-]c2nccnc12.[Re]. The number of benzene rings is 1. The van der Waals surface area contributed by atoms with Crippen LogP contribution in [0, 0.1) is 6.07 Å². The van der Waals surface area contributed by atoms with Crippen LogP contribution >= 0.6 is 0 Å². The molecule has 0 aliphatic rings. The maximum atomic E-state index is 4.31. The molecule has 14 heavy (non-hydrogen) atoms. The van der Waals surface area contributed by atoms with E-state index in [9.17, 15) is 0 Å². The van der Waals surface area contributed by atoms with E-state index in [1.165, 1.54) is 5.56 Å². The fourth-order valence-corrected chi connectivity index (χ4v) is 1.41. The maximum absolute atomic E-state index is 4.31. The van der Waals surface area contributed by atoms with Crippen LogP contribution in [0.3, 0.4) is 0 Å². The van der Waals surface area contributed by atoms with Gasteiger partial charge in [0.05, 0.1) is 0 Å². The first-order chi connectivity index (χ1) is 6.29. The van der Waals surface area contributed by atoms with Crippen molar-refractivity contribution in [3.05, 3.63) is 36.2 Å². The van der Waals surface area contributed by atoms with Crippen molar-refractivity contribution in [2.45, 2.75) is 19.8 Å². The second-order valence-corrected chi connectivity index (χ2v) is 3.34. The predicted molar refractivity (Wildman–Crippen MR) is 52.5 cm³/mol. The maximum Gasteiger partial charge on any atom is 0.0420 e. The molecule has 0 atom stereocenters. The average molecular weight is 357 g/mol. The van der Waals surface area contributed by atoms with Gasteiger partial charge in [-0.15, -0.1) is 5.56 Å². The topological polar surface area (TPSA) is 25.8 Å². The molecule has 1 aromatic carbocycles. The summed E-state index contributed by atoms with van der Waals surface area (Å²) in [6, 6.07) is 7.04. The van der Waals surface area contributed by atoms with Gasteiger partial charge in [0.15, 0.2) is 0 Å². The Balaban J connectivity index is 0.000000980. The van der Waals surface area contributed by atoms with Gasteiger partial charge in [-0.2, -0.15) is 18.2 Å². The Bertz CT molecular complexity index is 421. The molecule has 2 rings (SSSR count). The van der Waals surface area contributed by atoms with Crippen LogP contribution in [-0.2, 0) is 20.4 Å². The number of aromatic nitrogens is 2. The summed E-state index contributed by atoms with van der Waals surface area (Å²) >= 11 is 0.